The highest BCUT2D eigenvalue weighted by molar-refractivity contribution is 5.94. The van der Waals surface area contributed by atoms with E-state index in [1.807, 2.05) is 0 Å². The second-order valence-electron chi connectivity index (χ2n) is 2.86. The maximum Gasteiger partial charge on any atom is 0.281 e. The van der Waals surface area contributed by atoms with Gasteiger partial charge in [0.15, 0.2) is 0 Å². The molecule has 1 rings (SSSR count). The molecule has 0 atom stereocenters. The van der Waals surface area contributed by atoms with Crippen molar-refractivity contribution >= 4 is 5.91 Å². The first-order valence-electron chi connectivity index (χ1n) is 3.97. The van der Waals surface area contributed by atoms with Gasteiger partial charge in [0.05, 0.1) is 5.56 Å². The topological polar surface area (TPSA) is 79.8 Å². The maximum absolute atomic E-state index is 12.5. The molecule has 1 aromatic rings. The standard InChI is InChI=1S/C9H7F2N3O/c1-4-2-5(9(13)15)7(8(10)11)14-6(4)3-12/h2,8H,1H3,(H2,13,15). The summed E-state index contributed by atoms with van der Waals surface area (Å²) < 4.78 is 24.9. The van der Waals surface area contributed by atoms with Gasteiger partial charge in [-0.3, -0.25) is 4.79 Å². The number of amides is 1. The van der Waals surface area contributed by atoms with Gasteiger partial charge in [-0.25, -0.2) is 13.8 Å². The molecule has 0 spiro atoms. The normalized spacial score (nSPS) is 10.1. The number of hydrogen-bond acceptors (Lipinski definition) is 3. The van der Waals surface area contributed by atoms with Crippen molar-refractivity contribution in [1.82, 2.24) is 4.98 Å². The highest BCUT2D eigenvalue weighted by Crippen LogP contribution is 2.22. The summed E-state index contributed by atoms with van der Waals surface area (Å²) in [7, 11) is 0. The van der Waals surface area contributed by atoms with E-state index < -0.39 is 18.0 Å². The van der Waals surface area contributed by atoms with Gasteiger partial charge in [-0.1, -0.05) is 0 Å². The SMILES string of the molecule is Cc1cc(C(N)=O)c(C(F)F)nc1C#N. The number of aryl methyl sites for hydroxylation is 1. The highest BCUT2D eigenvalue weighted by atomic mass is 19.3. The first-order valence-corrected chi connectivity index (χ1v) is 3.97. The number of carbonyl (C=O) groups is 1. The lowest BCUT2D eigenvalue weighted by Gasteiger charge is -2.06. The third-order valence-corrected chi connectivity index (χ3v) is 1.82. The van der Waals surface area contributed by atoms with Crippen molar-refractivity contribution in [1.29, 1.82) is 5.26 Å². The average molecular weight is 211 g/mol. The number of hydrogen-bond donors (Lipinski definition) is 1. The molecule has 0 aliphatic rings. The molecule has 1 amide bonds. The van der Waals surface area contributed by atoms with Gasteiger partial charge >= 0.3 is 0 Å². The van der Waals surface area contributed by atoms with E-state index in [0.717, 1.165) is 6.07 Å². The minimum absolute atomic E-state index is 0.129. The molecular weight excluding hydrogens is 204 g/mol. The van der Waals surface area contributed by atoms with Gasteiger partial charge in [0.1, 0.15) is 17.5 Å². The molecule has 0 aliphatic heterocycles. The third-order valence-electron chi connectivity index (χ3n) is 1.82. The lowest BCUT2D eigenvalue weighted by Crippen LogP contribution is -2.16. The molecule has 6 heteroatoms. The Balaban J connectivity index is 3.47. The van der Waals surface area contributed by atoms with Crippen molar-refractivity contribution < 1.29 is 13.6 Å². The molecular formula is C9H7F2N3O. The Morgan fingerprint density at radius 1 is 1.67 bits per heavy atom. The molecule has 1 heterocycles. The molecule has 78 valence electrons. The van der Waals surface area contributed by atoms with Gasteiger partial charge < -0.3 is 5.73 Å². The Morgan fingerprint density at radius 3 is 2.67 bits per heavy atom. The number of primary amides is 1. The predicted octanol–water partition coefficient (Wildman–Crippen LogP) is 1.30. The van der Waals surface area contributed by atoms with Crippen molar-refractivity contribution in [3.63, 3.8) is 0 Å². The number of carbonyl (C=O) groups excluding carboxylic acids is 1. The van der Waals surface area contributed by atoms with Crippen LogP contribution in [0.1, 0.15) is 33.7 Å². The van der Waals surface area contributed by atoms with Crippen LogP contribution in [0.5, 0.6) is 0 Å². The number of pyridine rings is 1. The quantitative estimate of drug-likeness (QED) is 0.800. The van der Waals surface area contributed by atoms with Gasteiger partial charge in [0.2, 0.25) is 0 Å². The monoisotopic (exact) mass is 211 g/mol. The van der Waals surface area contributed by atoms with Gasteiger partial charge in [0, 0.05) is 0 Å². The van der Waals surface area contributed by atoms with Gasteiger partial charge in [-0.15, -0.1) is 0 Å². The molecule has 0 radical (unpaired) electrons. The molecule has 1 aromatic heterocycles. The molecule has 0 unspecified atom stereocenters. The summed E-state index contributed by atoms with van der Waals surface area (Å²) in [5.74, 6) is -0.981. The summed E-state index contributed by atoms with van der Waals surface area (Å²) >= 11 is 0. The molecule has 0 bridgehead atoms. The lowest BCUT2D eigenvalue weighted by atomic mass is 10.1. The van der Waals surface area contributed by atoms with Crippen LogP contribution in [0.4, 0.5) is 8.78 Å². The Labute approximate surface area is 84.3 Å². The van der Waals surface area contributed by atoms with Crippen LogP contribution in [-0.2, 0) is 0 Å². The molecule has 4 nitrogen and oxygen atoms in total. The van der Waals surface area contributed by atoms with Crippen molar-refractivity contribution in [2.75, 3.05) is 0 Å². The van der Waals surface area contributed by atoms with E-state index in [-0.39, 0.29) is 11.3 Å². The van der Waals surface area contributed by atoms with E-state index in [1.54, 1.807) is 6.07 Å². The van der Waals surface area contributed by atoms with Crippen LogP contribution >= 0.6 is 0 Å². The zero-order valence-corrected chi connectivity index (χ0v) is 7.79. The van der Waals surface area contributed by atoms with E-state index in [4.69, 9.17) is 11.0 Å². The Bertz CT molecular complexity index is 451. The van der Waals surface area contributed by atoms with E-state index in [2.05, 4.69) is 4.98 Å². The van der Waals surface area contributed by atoms with Gasteiger partial charge in [0.25, 0.3) is 12.3 Å². The first kappa shape index (κ1) is 11.0. The molecule has 0 saturated heterocycles. The molecule has 0 fully saturated rings. The van der Waals surface area contributed by atoms with Crippen LogP contribution in [0, 0.1) is 18.3 Å². The number of rotatable bonds is 2. The van der Waals surface area contributed by atoms with Crippen LogP contribution < -0.4 is 5.73 Å². The van der Waals surface area contributed by atoms with Gasteiger partial charge in [-0.05, 0) is 18.6 Å². The zero-order valence-electron chi connectivity index (χ0n) is 7.79. The summed E-state index contributed by atoms with van der Waals surface area (Å²) in [4.78, 5) is 14.2. The van der Waals surface area contributed by atoms with Crippen LogP contribution in [0.2, 0.25) is 0 Å². The number of nitrogens with two attached hydrogens (primary N) is 1. The first-order chi connectivity index (χ1) is 6.97. The Kier molecular flexibility index (Phi) is 2.95. The minimum atomic E-state index is -2.93. The predicted molar refractivity (Wildman–Crippen MR) is 47.2 cm³/mol. The fourth-order valence-corrected chi connectivity index (χ4v) is 1.10. The summed E-state index contributed by atoms with van der Waals surface area (Å²) in [5.41, 5.74) is 4.04. The number of alkyl halides is 2. The van der Waals surface area contributed by atoms with Crippen LogP contribution in [-0.4, -0.2) is 10.9 Å². The second kappa shape index (κ2) is 4.00. The molecule has 0 aromatic carbocycles. The average Bonchev–Trinajstić information content (AvgIpc) is 2.16. The molecule has 0 saturated carbocycles. The Hall–Kier alpha value is -2.03. The summed E-state index contributed by atoms with van der Waals surface area (Å²) in [6, 6.07) is 2.81. The largest absolute Gasteiger partial charge is 0.366 e. The highest BCUT2D eigenvalue weighted by Gasteiger charge is 2.20. The molecule has 15 heavy (non-hydrogen) atoms. The van der Waals surface area contributed by atoms with Crippen molar-refractivity contribution in [3.05, 3.63) is 28.6 Å². The zero-order chi connectivity index (χ0) is 11.6. The van der Waals surface area contributed by atoms with Crippen molar-refractivity contribution in [3.8, 4) is 6.07 Å². The molecule has 0 aliphatic carbocycles. The van der Waals surface area contributed by atoms with E-state index >= 15 is 0 Å². The number of aromatic nitrogens is 1. The number of nitrogens with zero attached hydrogens (tertiary/aromatic N) is 2. The van der Waals surface area contributed by atoms with Crippen molar-refractivity contribution in [2.45, 2.75) is 13.3 Å². The summed E-state index contributed by atoms with van der Waals surface area (Å²) in [5, 5.41) is 8.58. The third kappa shape index (κ3) is 2.07. The van der Waals surface area contributed by atoms with E-state index in [0.29, 0.717) is 5.56 Å². The van der Waals surface area contributed by atoms with Crippen LogP contribution in [0.25, 0.3) is 0 Å². The summed E-state index contributed by atoms with van der Waals surface area (Å²) in [6.07, 6.45) is -2.93. The second-order valence-corrected chi connectivity index (χ2v) is 2.86. The molecule has 2 N–H and O–H groups in total. The minimum Gasteiger partial charge on any atom is -0.366 e. The van der Waals surface area contributed by atoms with E-state index in [1.165, 1.54) is 6.92 Å². The number of nitriles is 1. The van der Waals surface area contributed by atoms with E-state index in [9.17, 15) is 13.6 Å². The smallest absolute Gasteiger partial charge is 0.281 e. The fraction of sp³-hybridized carbons (Fsp3) is 0.222. The van der Waals surface area contributed by atoms with Gasteiger partial charge in [-0.2, -0.15) is 5.26 Å². The van der Waals surface area contributed by atoms with Crippen molar-refractivity contribution in [2.24, 2.45) is 5.73 Å². The fourth-order valence-electron chi connectivity index (χ4n) is 1.10. The van der Waals surface area contributed by atoms with Crippen LogP contribution in [0.15, 0.2) is 6.07 Å². The number of halogens is 2. The van der Waals surface area contributed by atoms with Crippen LogP contribution in [0.3, 0.4) is 0 Å². The lowest BCUT2D eigenvalue weighted by molar-refractivity contribution is 0.0983. The summed E-state index contributed by atoms with van der Waals surface area (Å²) in [6.45, 7) is 1.49. The maximum atomic E-state index is 12.5. The Morgan fingerprint density at radius 2 is 2.27 bits per heavy atom.